The molecule has 1 aromatic heterocycles. The van der Waals surface area contributed by atoms with Gasteiger partial charge in [0.05, 0.1) is 25.7 Å². The highest BCUT2D eigenvalue weighted by Gasteiger charge is 2.30. The van der Waals surface area contributed by atoms with E-state index in [9.17, 15) is 0 Å². The van der Waals surface area contributed by atoms with Crippen molar-refractivity contribution >= 4 is 0 Å². The van der Waals surface area contributed by atoms with Crippen molar-refractivity contribution in [3.63, 3.8) is 0 Å². The summed E-state index contributed by atoms with van der Waals surface area (Å²) in [7, 11) is 0. The lowest BCUT2D eigenvalue weighted by molar-refractivity contribution is 0.0221. The van der Waals surface area contributed by atoms with Crippen molar-refractivity contribution in [2.75, 3.05) is 52.6 Å². The second-order valence-corrected chi connectivity index (χ2v) is 7.11. The number of rotatable bonds is 4. The summed E-state index contributed by atoms with van der Waals surface area (Å²) in [6, 6.07) is 0.664. The van der Waals surface area contributed by atoms with E-state index >= 15 is 0 Å². The first-order chi connectivity index (χ1) is 11.9. The summed E-state index contributed by atoms with van der Waals surface area (Å²) < 4.78 is 16.5. The zero-order valence-electron chi connectivity index (χ0n) is 14.4. The Morgan fingerprint density at radius 1 is 0.958 bits per heavy atom. The second-order valence-electron chi connectivity index (χ2n) is 7.11. The molecular weight excluding hydrogens is 308 g/mol. The van der Waals surface area contributed by atoms with Gasteiger partial charge in [-0.3, -0.25) is 9.80 Å². The van der Waals surface area contributed by atoms with E-state index in [0.29, 0.717) is 12.0 Å². The summed E-state index contributed by atoms with van der Waals surface area (Å²) in [5.74, 6) is 2.03. The van der Waals surface area contributed by atoms with E-state index in [1.54, 1.807) is 0 Å². The molecule has 0 radical (unpaired) electrons. The van der Waals surface area contributed by atoms with Gasteiger partial charge in [-0.05, 0) is 32.2 Å². The molecule has 7 heteroatoms. The molecule has 134 valence electrons. The van der Waals surface area contributed by atoms with Gasteiger partial charge in [-0.2, -0.15) is 4.98 Å². The molecule has 1 aromatic rings. The first-order valence-corrected chi connectivity index (χ1v) is 9.33. The monoisotopic (exact) mass is 336 g/mol. The average molecular weight is 336 g/mol. The predicted molar refractivity (Wildman–Crippen MR) is 87.8 cm³/mol. The molecule has 0 unspecified atom stereocenters. The van der Waals surface area contributed by atoms with Crippen LogP contribution in [0.1, 0.15) is 43.3 Å². The Bertz CT molecular complexity index is 512. The molecular formula is C17H28N4O3. The van der Waals surface area contributed by atoms with Gasteiger partial charge < -0.3 is 14.0 Å². The van der Waals surface area contributed by atoms with Crippen molar-refractivity contribution in [2.45, 2.75) is 44.2 Å². The maximum atomic E-state index is 5.61. The Morgan fingerprint density at radius 3 is 2.58 bits per heavy atom. The predicted octanol–water partition coefficient (Wildman–Crippen LogP) is 1.26. The van der Waals surface area contributed by atoms with E-state index in [0.717, 1.165) is 83.6 Å². The smallest absolute Gasteiger partial charge is 0.231 e. The lowest BCUT2D eigenvalue weighted by Crippen LogP contribution is -2.44. The van der Waals surface area contributed by atoms with Gasteiger partial charge in [0.1, 0.15) is 0 Å². The molecule has 0 spiro atoms. The molecule has 0 amide bonds. The Kier molecular flexibility index (Phi) is 5.42. The molecule has 3 fully saturated rings. The third kappa shape index (κ3) is 3.96. The van der Waals surface area contributed by atoms with E-state index in [2.05, 4.69) is 15.0 Å². The first kappa shape index (κ1) is 16.4. The highest BCUT2D eigenvalue weighted by molar-refractivity contribution is 4.98. The summed E-state index contributed by atoms with van der Waals surface area (Å²) in [6.45, 7) is 8.30. The lowest BCUT2D eigenvalue weighted by atomic mass is 9.95. The van der Waals surface area contributed by atoms with E-state index in [1.165, 1.54) is 13.0 Å². The summed E-state index contributed by atoms with van der Waals surface area (Å²) in [4.78, 5) is 9.64. The largest absolute Gasteiger partial charge is 0.381 e. The fourth-order valence-corrected chi connectivity index (χ4v) is 4.05. The summed E-state index contributed by atoms with van der Waals surface area (Å²) >= 11 is 0. The molecule has 3 aliphatic heterocycles. The third-order valence-electron chi connectivity index (χ3n) is 5.46. The van der Waals surface area contributed by atoms with E-state index in [4.69, 9.17) is 19.0 Å². The second kappa shape index (κ2) is 7.91. The molecule has 0 N–H and O–H groups in total. The highest BCUT2D eigenvalue weighted by Crippen LogP contribution is 2.29. The third-order valence-corrected chi connectivity index (χ3v) is 5.46. The summed E-state index contributed by atoms with van der Waals surface area (Å²) in [5.41, 5.74) is 0. The molecule has 3 saturated heterocycles. The van der Waals surface area contributed by atoms with Gasteiger partial charge in [0.15, 0.2) is 5.82 Å². The molecule has 0 bridgehead atoms. The molecule has 0 aliphatic carbocycles. The minimum Gasteiger partial charge on any atom is -0.381 e. The molecule has 0 aromatic carbocycles. The van der Waals surface area contributed by atoms with E-state index in [-0.39, 0.29) is 0 Å². The first-order valence-electron chi connectivity index (χ1n) is 9.33. The van der Waals surface area contributed by atoms with Gasteiger partial charge in [-0.1, -0.05) is 5.16 Å². The van der Waals surface area contributed by atoms with Gasteiger partial charge in [-0.25, -0.2) is 0 Å². The number of aromatic nitrogens is 2. The topological polar surface area (TPSA) is 63.9 Å². The average Bonchev–Trinajstić information content (AvgIpc) is 3.12. The van der Waals surface area contributed by atoms with Crippen LogP contribution in [0.3, 0.4) is 0 Å². The Labute approximate surface area is 143 Å². The van der Waals surface area contributed by atoms with Crippen molar-refractivity contribution < 1.29 is 14.0 Å². The lowest BCUT2D eigenvalue weighted by Gasteiger charge is -2.38. The number of hydrogen-bond acceptors (Lipinski definition) is 7. The van der Waals surface area contributed by atoms with Gasteiger partial charge in [0, 0.05) is 38.9 Å². The standard InChI is InChI=1S/C17H28N4O3/c1-2-14(12-21(5-1)15-3-8-22-9-4-15)17-18-16(19-24-17)13-20-6-10-23-11-7-20/h14-15H,1-13H2/t14-/m1/s1. The van der Waals surface area contributed by atoms with Crippen molar-refractivity contribution in [1.29, 1.82) is 0 Å². The van der Waals surface area contributed by atoms with Gasteiger partial charge >= 0.3 is 0 Å². The van der Waals surface area contributed by atoms with Gasteiger partial charge in [-0.15, -0.1) is 0 Å². The minimum absolute atomic E-state index is 0.382. The van der Waals surface area contributed by atoms with Crippen molar-refractivity contribution in [1.82, 2.24) is 19.9 Å². The zero-order chi connectivity index (χ0) is 16.2. The Hall–Kier alpha value is -1.02. The summed E-state index contributed by atoms with van der Waals surface area (Å²) in [6.07, 6.45) is 4.67. The van der Waals surface area contributed by atoms with Crippen molar-refractivity contribution in [2.24, 2.45) is 0 Å². The molecule has 4 rings (SSSR count). The van der Waals surface area contributed by atoms with Crippen molar-refractivity contribution in [3.8, 4) is 0 Å². The number of likely N-dealkylation sites (tertiary alicyclic amines) is 1. The number of ether oxygens (including phenoxy) is 2. The number of hydrogen-bond donors (Lipinski definition) is 0. The van der Waals surface area contributed by atoms with Crippen LogP contribution in [-0.4, -0.2) is 78.6 Å². The number of nitrogens with zero attached hydrogens (tertiary/aromatic N) is 4. The van der Waals surface area contributed by atoms with Crippen LogP contribution in [0, 0.1) is 0 Å². The number of morpholine rings is 1. The minimum atomic E-state index is 0.382. The van der Waals surface area contributed by atoms with Crippen LogP contribution in [-0.2, 0) is 16.0 Å². The van der Waals surface area contributed by atoms with Crippen LogP contribution < -0.4 is 0 Å². The highest BCUT2D eigenvalue weighted by atomic mass is 16.5. The number of piperidine rings is 1. The van der Waals surface area contributed by atoms with E-state index in [1.807, 2.05) is 0 Å². The molecule has 0 saturated carbocycles. The van der Waals surface area contributed by atoms with Crippen LogP contribution in [0.4, 0.5) is 0 Å². The molecule has 24 heavy (non-hydrogen) atoms. The maximum absolute atomic E-state index is 5.61. The van der Waals surface area contributed by atoms with Crippen LogP contribution in [0.2, 0.25) is 0 Å². The molecule has 7 nitrogen and oxygen atoms in total. The van der Waals surface area contributed by atoms with Crippen LogP contribution in [0.15, 0.2) is 4.52 Å². The Morgan fingerprint density at radius 2 is 1.75 bits per heavy atom. The Balaban J connectivity index is 1.34. The van der Waals surface area contributed by atoms with Crippen LogP contribution in [0.5, 0.6) is 0 Å². The SMILES string of the molecule is C1C[C@@H](c2nc(CN3CCOCC3)no2)CN(C2CCOCC2)C1. The van der Waals surface area contributed by atoms with Crippen LogP contribution >= 0.6 is 0 Å². The van der Waals surface area contributed by atoms with Crippen molar-refractivity contribution in [3.05, 3.63) is 11.7 Å². The quantitative estimate of drug-likeness (QED) is 0.820. The zero-order valence-corrected chi connectivity index (χ0v) is 14.4. The fraction of sp³-hybridized carbons (Fsp3) is 0.882. The van der Waals surface area contributed by atoms with Gasteiger partial charge in [0.25, 0.3) is 0 Å². The fourth-order valence-electron chi connectivity index (χ4n) is 4.05. The summed E-state index contributed by atoms with van der Waals surface area (Å²) in [5, 5.41) is 4.22. The maximum Gasteiger partial charge on any atom is 0.231 e. The molecule has 3 aliphatic rings. The van der Waals surface area contributed by atoms with E-state index < -0.39 is 0 Å². The molecule has 1 atom stereocenters. The van der Waals surface area contributed by atoms with Gasteiger partial charge in [0.2, 0.25) is 5.89 Å². The molecule has 4 heterocycles. The normalized spacial score (nSPS) is 28.2. The van der Waals surface area contributed by atoms with Crippen LogP contribution in [0.25, 0.3) is 0 Å².